The topological polar surface area (TPSA) is 9.23 Å². The lowest BCUT2D eigenvalue weighted by molar-refractivity contribution is 0.308. The summed E-state index contributed by atoms with van der Waals surface area (Å²) < 4.78 is 33.6. The van der Waals surface area contributed by atoms with Crippen LogP contribution < -0.4 is 4.74 Å². The highest BCUT2D eigenvalue weighted by Crippen LogP contribution is 2.38. The minimum absolute atomic E-state index is 0.0331. The quantitative estimate of drug-likeness (QED) is 0.535. The Morgan fingerprint density at radius 1 is 0.885 bits per heavy atom. The van der Waals surface area contributed by atoms with Crippen LogP contribution in [0.3, 0.4) is 0 Å². The largest absolute Gasteiger partial charge is 0.491 e. The fourth-order valence-corrected chi connectivity index (χ4v) is 4.15. The zero-order valence-electron chi connectivity index (χ0n) is 15.7. The van der Waals surface area contributed by atoms with Gasteiger partial charge in [0.2, 0.25) is 5.82 Å². The summed E-state index contributed by atoms with van der Waals surface area (Å²) in [6.45, 7) is 4.32. The maximum Gasteiger partial charge on any atom is 0.201 e. The van der Waals surface area contributed by atoms with Crippen molar-refractivity contribution in [2.75, 3.05) is 6.61 Å². The number of benzene rings is 2. The standard InChI is InChI=1S/C23H28F2O/c1-3-5-16-6-8-17(9-7-16)18-10-12-19(13-11-18)20-14-15-21(26-4-2)23(25)22(20)24/h10-17H,3-9H2,1-2H3/t16-,17-. The molecule has 0 atom stereocenters. The molecule has 0 amide bonds. The monoisotopic (exact) mass is 358 g/mol. The number of hydrogen-bond acceptors (Lipinski definition) is 1. The maximum absolute atomic E-state index is 14.4. The van der Waals surface area contributed by atoms with Crippen molar-refractivity contribution in [1.82, 2.24) is 0 Å². The molecule has 0 N–H and O–H groups in total. The van der Waals surface area contributed by atoms with E-state index in [9.17, 15) is 8.78 Å². The molecule has 1 saturated carbocycles. The number of halogens is 2. The molecule has 1 aliphatic rings. The first-order valence-corrected chi connectivity index (χ1v) is 9.85. The van der Waals surface area contributed by atoms with E-state index >= 15 is 0 Å². The van der Waals surface area contributed by atoms with Crippen LogP contribution in [-0.4, -0.2) is 6.61 Å². The van der Waals surface area contributed by atoms with E-state index in [-0.39, 0.29) is 11.3 Å². The first kappa shape index (κ1) is 18.9. The van der Waals surface area contributed by atoms with Gasteiger partial charge in [-0.15, -0.1) is 0 Å². The molecule has 0 spiro atoms. The summed E-state index contributed by atoms with van der Waals surface area (Å²) in [7, 11) is 0. The highest BCUT2D eigenvalue weighted by atomic mass is 19.2. The normalized spacial score (nSPS) is 20.2. The van der Waals surface area contributed by atoms with Gasteiger partial charge in [-0.05, 0) is 67.7 Å². The van der Waals surface area contributed by atoms with Crippen molar-refractivity contribution in [3.05, 3.63) is 53.6 Å². The van der Waals surface area contributed by atoms with Gasteiger partial charge in [-0.1, -0.05) is 44.0 Å². The Balaban J connectivity index is 1.73. The van der Waals surface area contributed by atoms with E-state index in [0.717, 1.165) is 5.92 Å². The lowest BCUT2D eigenvalue weighted by Gasteiger charge is -2.28. The van der Waals surface area contributed by atoms with E-state index in [4.69, 9.17) is 4.74 Å². The molecule has 1 aliphatic carbocycles. The number of hydrogen-bond donors (Lipinski definition) is 0. The van der Waals surface area contributed by atoms with E-state index < -0.39 is 11.6 Å². The Morgan fingerprint density at radius 3 is 2.19 bits per heavy atom. The molecule has 0 unspecified atom stereocenters. The summed E-state index contributed by atoms with van der Waals surface area (Å²) in [5.74, 6) is -0.309. The molecule has 0 bridgehead atoms. The summed E-state index contributed by atoms with van der Waals surface area (Å²) >= 11 is 0. The summed E-state index contributed by atoms with van der Waals surface area (Å²) in [6, 6.07) is 11.1. The van der Waals surface area contributed by atoms with Crippen molar-refractivity contribution in [1.29, 1.82) is 0 Å². The highest BCUT2D eigenvalue weighted by Gasteiger charge is 2.22. The van der Waals surface area contributed by atoms with Crippen LogP contribution in [0.25, 0.3) is 11.1 Å². The molecule has 2 aromatic carbocycles. The van der Waals surface area contributed by atoms with Crippen LogP contribution in [0.5, 0.6) is 5.75 Å². The van der Waals surface area contributed by atoms with E-state index in [1.165, 1.54) is 50.2 Å². The van der Waals surface area contributed by atoms with Crippen molar-refractivity contribution < 1.29 is 13.5 Å². The molecule has 0 aliphatic heterocycles. The minimum Gasteiger partial charge on any atom is -0.491 e. The van der Waals surface area contributed by atoms with Crippen molar-refractivity contribution in [3.63, 3.8) is 0 Å². The van der Waals surface area contributed by atoms with Gasteiger partial charge in [0.1, 0.15) is 0 Å². The third-order valence-electron chi connectivity index (χ3n) is 5.58. The second-order valence-corrected chi connectivity index (χ2v) is 7.30. The molecule has 2 aromatic rings. The average molecular weight is 358 g/mol. The Bertz CT molecular complexity index is 716. The summed E-state index contributed by atoms with van der Waals surface area (Å²) in [6.07, 6.45) is 7.69. The van der Waals surface area contributed by atoms with Crippen molar-refractivity contribution in [2.24, 2.45) is 5.92 Å². The first-order chi connectivity index (χ1) is 12.6. The predicted molar refractivity (Wildman–Crippen MR) is 103 cm³/mol. The van der Waals surface area contributed by atoms with Crippen LogP contribution >= 0.6 is 0 Å². The van der Waals surface area contributed by atoms with Crippen molar-refractivity contribution >= 4 is 0 Å². The summed E-state index contributed by atoms with van der Waals surface area (Å²) in [4.78, 5) is 0. The molecule has 0 aromatic heterocycles. The zero-order chi connectivity index (χ0) is 18.5. The molecule has 0 saturated heterocycles. The molecular weight excluding hydrogens is 330 g/mol. The van der Waals surface area contributed by atoms with Gasteiger partial charge < -0.3 is 4.74 Å². The van der Waals surface area contributed by atoms with Gasteiger partial charge in [-0.25, -0.2) is 4.39 Å². The molecule has 26 heavy (non-hydrogen) atoms. The molecule has 1 fully saturated rings. The van der Waals surface area contributed by atoms with Gasteiger partial charge in [-0.2, -0.15) is 4.39 Å². The number of ether oxygens (including phenoxy) is 1. The molecule has 3 rings (SSSR count). The van der Waals surface area contributed by atoms with Crippen LogP contribution in [0.2, 0.25) is 0 Å². The Labute approximate surface area is 155 Å². The highest BCUT2D eigenvalue weighted by molar-refractivity contribution is 5.65. The van der Waals surface area contributed by atoms with Crippen LogP contribution in [0.4, 0.5) is 8.78 Å². The molecule has 1 nitrogen and oxygen atoms in total. The second-order valence-electron chi connectivity index (χ2n) is 7.30. The molecular formula is C23H28F2O. The Kier molecular flexibility index (Phi) is 6.29. The summed E-state index contributed by atoms with van der Waals surface area (Å²) in [5, 5.41) is 0. The lowest BCUT2D eigenvalue weighted by Crippen LogP contribution is -2.13. The van der Waals surface area contributed by atoms with Crippen LogP contribution in [0.15, 0.2) is 36.4 Å². The first-order valence-electron chi connectivity index (χ1n) is 9.85. The predicted octanol–water partition coefficient (Wildman–Crippen LogP) is 7.10. The maximum atomic E-state index is 14.4. The van der Waals surface area contributed by atoms with Gasteiger partial charge >= 0.3 is 0 Å². The van der Waals surface area contributed by atoms with Crippen LogP contribution in [-0.2, 0) is 0 Å². The fraction of sp³-hybridized carbons (Fsp3) is 0.478. The molecule has 140 valence electrons. The van der Waals surface area contributed by atoms with Crippen LogP contribution in [0.1, 0.15) is 63.9 Å². The third kappa shape index (κ3) is 4.08. The van der Waals surface area contributed by atoms with Crippen molar-refractivity contribution in [2.45, 2.75) is 58.3 Å². The minimum atomic E-state index is -0.914. The third-order valence-corrected chi connectivity index (χ3v) is 5.58. The SMILES string of the molecule is CCC[C@H]1CC[C@H](c2ccc(-c3ccc(OCC)c(F)c3F)cc2)CC1. The number of rotatable bonds is 6. The molecule has 0 radical (unpaired) electrons. The van der Waals surface area contributed by atoms with E-state index in [0.29, 0.717) is 18.1 Å². The summed E-state index contributed by atoms with van der Waals surface area (Å²) in [5.41, 5.74) is 2.30. The lowest BCUT2D eigenvalue weighted by atomic mass is 9.77. The Morgan fingerprint density at radius 2 is 1.58 bits per heavy atom. The van der Waals surface area contributed by atoms with Gasteiger partial charge in [0, 0.05) is 5.56 Å². The van der Waals surface area contributed by atoms with E-state index in [1.807, 2.05) is 12.1 Å². The molecule has 3 heteroatoms. The van der Waals surface area contributed by atoms with E-state index in [2.05, 4.69) is 19.1 Å². The zero-order valence-corrected chi connectivity index (χ0v) is 15.7. The van der Waals surface area contributed by atoms with Crippen molar-refractivity contribution in [3.8, 4) is 16.9 Å². The van der Waals surface area contributed by atoms with Gasteiger partial charge in [0.05, 0.1) is 6.61 Å². The second kappa shape index (κ2) is 8.66. The van der Waals surface area contributed by atoms with Crippen LogP contribution in [0, 0.1) is 17.6 Å². The fourth-order valence-electron chi connectivity index (χ4n) is 4.15. The average Bonchev–Trinajstić information content (AvgIpc) is 2.67. The van der Waals surface area contributed by atoms with Gasteiger partial charge in [0.15, 0.2) is 11.6 Å². The van der Waals surface area contributed by atoms with Gasteiger partial charge in [0.25, 0.3) is 0 Å². The Hall–Kier alpha value is -1.90. The smallest absolute Gasteiger partial charge is 0.201 e. The van der Waals surface area contributed by atoms with Gasteiger partial charge in [-0.3, -0.25) is 0 Å². The molecule has 0 heterocycles. The van der Waals surface area contributed by atoms with E-state index in [1.54, 1.807) is 13.0 Å².